The Labute approximate surface area is 175 Å². The monoisotopic (exact) mass is 407 g/mol. The van der Waals surface area contributed by atoms with Gasteiger partial charge in [-0.1, -0.05) is 41.4 Å². The number of benzene rings is 2. The molecular weight excluding hydrogens is 389 g/mol. The molecule has 1 saturated heterocycles. The summed E-state index contributed by atoms with van der Waals surface area (Å²) < 4.78 is 0. The largest absolute Gasteiger partial charge is 0.296 e. The van der Waals surface area contributed by atoms with E-state index in [0.29, 0.717) is 15.6 Å². The van der Waals surface area contributed by atoms with Gasteiger partial charge in [-0.05, 0) is 73.5 Å². The van der Waals surface area contributed by atoms with E-state index in [1.54, 1.807) is 12.3 Å². The molecule has 0 bridgehead atoms. The van der Waals surface area contributed by atoms with E-state index >= 15 is 0 Å². The molecule has 0 saturated carbocycles. The summed E-state index contributed by atoms with van der Waals surface area (Å²) in [5, 5.41) is 10.3. The number of nitrogens with zero attached hydrogens (tertiary/aromatic N) is 3. The lowest BCUT2D eigenvalue weighted by molar-refractivity contribution is 0.117. The van der Waals surface area contributed by atoms with Crippen molar-refractivity contribution in [3.05, 3.63) is 87.5 Å². The number of likely N-dealkylation sites (tertiary alicyclic amines) is 1. The highest BCUT2D eigenvalue weighted by Gasteiger charge is 2.26. The normalized spacial score (nSPS) is 14.9. The van der Waals surface area contributed by atoms with Crippen LogP contribution in [0.3, 0.4) is 0 Å². The molecule has 0 aliphatic carbocycles. The van der Waals surface area contributed by atoms with Gasteiger partial charge in [0, 0.05) is 27.8 Å². The smallest absolute Gasteiger partial charge is 0.0991 e. The molecule has 0 amide bonds. The number of nitriles is 1. The lowest BCUT2D eigenvalue weighted by atomic mass is 9.92. The van der Waals surface area contributed by atoms with Crippen LogP contribution in [0.5, 0.6) is 0 Å². The second-order valence-corrected chi connectivity index (χ2v) is 7.89. The molecule has 0 spiro atoms. The minimum absolute atomic E-state index is 0.249. The molecule has 3 aromatic rings. The zero-order chi connectivity index (χ0) is 19.5. The first-order valence-corrected chi connectivity index (χ1v) is 10.0. The zero-order valence-corrected chi connectivity index (χ0v) is 16.8. The van der Waals surface area contributed by atoms with Crippen molar-refractivity contribution < 1.29 is 0 Å². The molecule has 1 aromatic heterocycles. The van der Waals surface area contributed by atoms with Gasteiger partial charge < -0.3 is 0 Å². The Morgan fingerprint density at radius 3 is 2.36 bits per heavy atom. The van der Waals surface area contributed by atoms with Crippen LogP contribution in [-0.4, -0.2) is 23.0 Å². The Bertz CT molecular complexity index is 1000. The molecule has 1 fully saturated rings. The molecule has 5 heteroatoms. The van der Waals surface area contributed by atoms with Gasteiger partial charge >= 0.3 is 0 Å². The quantitative estimate of drug-likeness (QED) is 0.526. The minimum Gasteiger partial charge on any atom is -0.296 e. The van der Waals surface area contributed by atoms with E-state index in [1.807, 2.05) is 30.3 Å². The van der Waals surface area contributed by atoms with Crippen molar-refractivity contribution in [2.24, 2.45) is 0 Å². The topological polar surface area (TPSA) is 39.9 Å². The summed E-state index contributed by atoms with van der Waals surface area (Å²) in [5.74, 6) is 0. The van der Waals surface area contributed by atoms with Crippen LogP contribution >= 0.6 is 23.2 Å². The lowest BCUT2D eigenvalue weighted by Crippen LogP contribution is -2.41. The highest BCUT2D eigenvalue weighted by atomic mass is 35.5. The van der Waals surface area contributed by atoms with Gasteiger partial charge in [-0.2, -0.15) is 5.26 Å². The number of pyridine rings is 1. The average Bonchev–Trinajstić information content (AvgIpc) is 2.66. The molecule has 1 aliphatic heterocycles. The third kappa shape index (κ3) is 4.05. The van der Waals surface area contributed by atoms with E-state index in [2.05, 4.69) is 34.2 Å². The van der Waals surface area contributed by atoms with E-state index in [-0.39, 0.29) is 6.04 Å². The van der Waals surface area contributed by atoms with Crippen LogP contribution in [0.4, 0.5) is 0 Å². The van der Waals surface area contributed by atoms with Crippen molar-refractivity contribution in [3.8, 4) is 17.3 Å². The molecule has 1 atom stereocenters. The highest BCUT2D eigenvalue weighted by Crippen LogP contribution is 2.34. The lowest BCUT2D eigenvalue weighted by Gasteiger charge is -2.39. The minimum atomic E-state index is 0.249. The fraction of sp³-hybridized carbons (Fsp3) is 0.217. The molecule has 2 aromatic carbocycles. The Morgan fingerprint density at radius 2 is 1.75 bits per heavy atom. The Kier molecular flexibility index (Phi) is 5.64. The van der Waals surface area contributed by atoms with Gasteiger partial charge in [0.15, 0.2) is 0 Å². The van der Waals surface area contributed by atoms with E-state index in [0.717, 1.165) is 36.3 Å². The van der Waals surface area contributed by atoms with E-state index < -0.39 is 0 Å². The third-order valence-electron chi connectivity index (χ3n) is 5.20. The van der Waals surface area contributed by atoms with Crippen molar-refractivity contribution >= 4 is 23.2 Å². The van der Waals surface area contributed by atoms with Crippen molar-refractivity contribution in [1.82, 2.24) is 9.88 Å². The maximum absolute atomic E-state index is 9.09. The summed E-state index contributed by atoms with van der Waals surface area (Å²) >= 11 is 12.4. The van der Waals surface area contributed by atoms with Crippen LogP contribution in [0.25, 0.3) is 11.3 Å². The van der Waals surface area contributed by atoms with Gasteiger partial charge in [0.25, 0.3) is 0 Å². The van der Waals surface area contributed by atoms with Gasteiger partial charge in [0.1, 0.15) is 0 Å². The van der Waals surface area contributed by atoms with Gasteiger partial charge in [-0.3, -0.25) is 9.88 Å². The molecule has 140 valence electrons. The molecule has 1 aliphatic rings. The summed E-state index contributed by atoms with van der Waals surface area (Å²) in [7, 11) is 0. The fourth-order valence-corrected chi connectivity index (χ4v) is 4.18. The van der Waals surface area contributed by atoms with Gasteiger partial charge in [-0.25, -0.2) is 0 Å². The number of hydrogen-bond acceptors (Lipinski definition) is 3. The Morgan fingerprint density at radius 1 is 1.04 bits per heavy atom. The summed E-state index contributed by atoms with van der Waals surface area (Å²) in [5.41, 5.74) is 4.89. The van der Waals surface area contributed by atoms with Crippen molar-refractivity contribution in [1.29, 1.82) is 5.26 Å². The third-order valence-corrected chi connectivity index (χ3v) is 5.63. The van der Waals surface area contributed by atoms with Crippen LogP contribution in [0.15, 0.2) is 60.8 Å². The van der Waals surface area contributed by atoms with Crippen LogP contribution < -0.4 is 0 Å². The van der Waals surface area contributed by atoms with E-state index in [1.165, 1.54) is 12.0 Å². The van der Waals surface area contributed by atoms with Crippen LogP contribution in [0, 0.1) is 11.3 Å². The van der Waals surface area contributed by atoms with Gasteiger partial charge in [0.05, 0.1) is 17.3 Å². The van der Waals surface area contributed by atoms with Crippen LogP contribution in [0.1, 0.15) is 29.2 Å². The molecule has 2 heterocycles. The average molecular weight is 408 g/mol. The summed E-state index contributed by atoms with van der Waals surface area (Å²) in [6.45, 7) is 2.17. The predicted octanol–water partition coefficient (Wildman–Crippen LogP) is 5.92. The van der Waals surface area contributed by atoms with Crippen molar-refractivity contribution in [3.63, 3.8) is 0 Å². The summed E-state index contributed by atoms with van der Waals surface area (Å²) in [6, 6.07) is 20.0. The molecule has 0 radical (unpaired) electrons. The van der Waals surface area contributed by atoms with Crippen molar-refractivity contribution in [2.75, 3.05) is 13.1 Å². The van der Waals surface area contributed by atoms with E-state index in [4.69, 9.17) is 28.5 Å². The second-order valence-electron chi connectivity index (χ2n) is 7.01. The van der Waals surface area contributed by atoms with Crippen LogP contribution in [-0.2, 0) is 6.42 Å². The van der Waals surface area contributed by atoms with Gasteiger partial charge in [-0.15, -0.1) is 0 Å². The maximum atomic E-state index is 9.09. The first-order valence-electron chi connectivity index (χ1n) is 9.28. The molecule has 4 rings (SSSR count). The first kappa shape index (κ1) is 19.0. The summed E-state index contributed by atoms with van der Waals surface area (Å²) in [4.78, 5) is 7.10. The number of hydrogen-bond donors (Lipinski definition) is 0. The molecule has 0 N–H and O–H groups in total. The second kappa shape index (κ2) is 8.32. The SMILES string of the molecule is N#Cc1ccc([C@@H](Cc2cccnc2-c2cc(Cl)cc(Cl)c2)N2CCC2)cc1. The maximum Gasteiger partial charge on any atom is 0.0991 e. The predicted molar refractivity (Wildman–Crippen MR) is 113 cm³/mol. The zero-order valence-electron chi connectivity index (χ0n) is 15.3. The molecule has 3 nitrogen and oxygen atoms in total. The summed E-state index contributed by atoms with van der Waals surface area (Å²) in [6.07, 6.45) is 3.85. The highest BCUT2D eigenvalue weighted by molar-refractivity contribution is 6.35. The number of aromatic nitrogens is 1. The van der Waals surface area contributed by atoms with Gasteiger partial charge in [0.2, 0.25) is 0 Å². The van der Waals surface area contributed by atoms with Crippen molar-refractivity contribution in [2.45, 2.75) is 18.9 Å². The standard InChI is InChI=1S/C23H19Cl2N3/c24-20-11-19(12-21(25)14-20)23-18(3-1-8-27-23)13-22(28-9-2-10-28)17-6-4-16(15-26)5-7-17/h1,3-8,11-12,14,22H,2,9-10,13H2/t22-/m1/s1. The fourth-order valence-electron chi connectivity index (χ4n) is 3.65. The number of rotatable bonds is 5. The molecular formula is C23H19Cl2N3. The Balaban J connectivity index is 1.70. The first-order chi connectivity index (χ1) is 13.6. The molecule has 28 heavy (non-hydrogen) atoms. The Hall–Kier alpha value is -2.38. The van der Waals surface area contributed by atoms with Crippen LogP contribution in [0.2, 0.25) is 10.0 Å². The number of halogens is 2. The molecule has 0 unspecified atom stereocenters. The van der Waals surface area contributed by atoms with E-state index in [9.17, 15) is 0 Å².